The predicted octanol–water partition coefficient (Wildman–Crippen LogP) is 3.97. The highest BCUT2D eigenvalue weighted by Gasteiger charge is 2.15. The minimum absolute atomic E-state index is 0.252. The third kappa shape index (κ3) is 2.97. The maximum Gasteiger partial charge on any atom is 0.138 e. The van der Waals surface area contributed by atoms with Crippen molar-refractivity contribution in [3.63, 3.8) is 0 Å². The molecule has 0 aliphatic rings. The van der Waals surface area contributed by atoms with Crippen LogP contribution in [-0.2, 0) is 6.54 Å². The summed E-state index contributed by atoms with van der Waals surface area (Å²) in [5.74, 6) is 0.898. The Morgan fingerprint density at radius 3 is 2.76 bits per heavy atom. The van der Waals surface area contributed by atoms with E-state index in [4.69, 9.17) is 4.52 Å². The number of thiophene rings is 1. The number of hydrogen-bond acceptors (Lipinski definition) is 4. The summed E-state index contributed by atoms with van der Waals surface area (Å²) in [7, 11) is 0. The van der Waals surface area contributed by atoms with Gasteiger partial charge in [-0.15, -0.1) is 11.3 Å². The first kappa shape index (κ1) is 12.8. The normalized spacial score (nSPS) is 12.9. The van der Waals surface area contributed by atoms with Gasteiger partial charge in [0.25, 0.3) is 0 Å². The standard InChI is InChI=1S/C12H15BrN2OS/c1-7(12-8(2)15-16-9(12)3)14-6-10-4-5-11(13)17-10/h4-5,7,14H,6H2,1-3H3. The molecule has 0 saturated carbocycles. The molecular weight excluding hydrogens is 300 g/mol. The second-order valence-corrected chi connectivity index (χ2v) is 6.59. The number of aryl methyl sites for hydroxylation is 2. The Morgan fingerprint density at radius 2 is 2.24 bits per heavy atom. The first-order chi connectivity index (χ1) is 8.08. The summed E-state index contributed by atoms with van der Waals surface area (Å²) in [5.41, 5.74) is 2.13. The number of aromatic nitrogens is 1. The van der Waals surface area contributed by atoms with Gasteiger partial charge in [-0.2, -0.15) is 0 Å². The Balaban J connectivity index is 2.00. The van der Waals surface area contributed by atoms with E-state index in [0.29, 0.717) is 0 Å². The van der Waals surface area contributed by atoms with E-state index in [0.717, 1.165) is 18.0 Å². The lowest BCUT2D eigenvalue weighted by molar-refractivity contribution is 0.390. The topological polar surface area (TPSA) is 38.1 Å². The molecule has 2 rings (SSSR count). The van der Waals surface area contributed by atoms with E-state index in [-0.39, 0.29) is 6.04 Å². The molecule has 0 spiro atoms. The number of hydrogen-bond donors (Lipinski definition) is 1. The molecule has 2 heterocycles. The van der Waals surface area contributed by atoms with E-state index < -0.39 is 0 Å². The van der Waals surface area contributed by atoms with Gasteiger partial charge in [0.15, 0.2) is 0 Å². The van der Waals surface area contributed by atoms with Crippen molar-refractivity contribution in [3.8, 4) is 0 Å². The Labute approximate surface area is 113 Å². The summed E-state index contributed by atoms with van der Waals surface area (Å²) in [4.78, 5) is 1.32. The van der Waals surface area contributed by atoms with Gasteiger partial charge >= 0.3 is 0 Å². The third-order valence-electron chi connectivity index (χ3n) is 2.73. The Kier molecular flexibility index (Phi) is 4.01. The van der Waals surface area contributed by atoms with E-state index in [2.05, 4.69) is 45.5 Å². The highest BCUT2D eigenvalue weighted by atomic mass is 79.9. The molecule has 0 saturated heterocycles. The van der Waals surface area contributed by atoms with E-state index >= 15 is 0 Å². The molecule has 2 aromatic rings. The van der Waals surface area contributed by atoms with Gasteiger partial charge < -0.3 is 9.84 Å². The molecule has 0 aliphatic heterocycles. The van der Waals surface area contributed by atoms with Crippen LogP contribution in [0.4, 0.5) is 0 Å². The highest BCUT2D eigenvalue weighted by molar-refractivity contribution is 9.11. The predicted molar refractivity (Wildman–Crippen MR) is 73.3 cm³/mol. The first-order valence-corrected chi connectivity index (χ1v) is 7.09. The van der Waals surface area contributed by atoms with Crippen LogP contribution in [0.3, 0.4) is 0 Å². The highest BCUT2D eigenvalue weighted by Crippen LogP contribution is 2.24. The molecule has 0 radical (unpaired) electrons. The van der Waals surface area contributed by atoms with Crippen LogP contribution < -0.4 is 5.32 Å². The number of nitrogens with zero attached hydrogens (tertiary/aromatic N) is 1. The van der Waals surface area contributed by atoms with Crippen LogP contribution in [0.5, 0.6) is 0 Å². The van der Waals surface area contributed by atoms with Crippen LogP contribution >= 0.6 is 27.3 Å². The fourth-order valence-corrected chi connectivity index (χ4v) is 3.34. The van der Waals surface area contributed by atoms with Crippen molar-refractivity contribution in [2.45, 2.75) is 33.4 Å². The molecule has 1 atom stereocenters. The monoisotopic (exact) mass is 314 g/mol. The molecule has 0 aliphatic carbocycles. The Hall–Kier alpha value is -0.650. The zero-order chi connectivity index (χ0) is 12.4. The molecule has 1 unspecified atom stereocenters. The van der Waals surface area contributed by atoms with Crippen molar-refractivity contribution in [1.29, 1.82) is 0 Å². The number of rotatable bonds is 4. The Morgan fingerprint density at radius 1 is 1.47 bits per heavy atom. The van der Waals surface area contributed by atoms with E-state index in [9.17, 15) is 0 Å². The second kappa shape index (κ2) is 5.33. The molecule has 92 valence electrons. The second-order valence-electron chi connectivity index (χ2n) is 4.05. The summed E-state index contributed by atoms with van der Waals surface area (Å²) in [6.45, 7) is 6.93. The van der Waals surface area contributed by atoms with Crippen molar-refractivity contribution in [3.05, 3.63) is 37.8 Å². The van der Waals surface area contributed by atoms with Gasteiger partial charge in [0.05, 0.1) is 9.48 Å². The number of nitrogens with one attached hydrogen (secondary N) is 1. The summed E-state index contributed by atoms with van der Waals surface area (Å²) < 4.78 is 6.34. The molecule has 0 bridgehead atoms. The summed E-state index contributed by atoms with van der Waals surface area (Å²) in [6.07, 6.45) is 0. The van der Waals surface area contributed by atoms with Crippen LogP contribution in [0.15, 0.2) is 20.4 Å². The minimum Gasteiger partial charge on any atom is -0.361 e. The lowest BCUT2D eigenvalue weighted by Crippen LogP contribution is -2.18. The van der Waals surface area contributed by atoms with E-state index in [1.807, 2.05) is 13.8 Å². The third-order valence-corrected chi connectivity index (χ3v) is 4.36. The maximum atomic E-state index is 5.18. The van der Waals surface area contributed by atoms with Gasteiger partial charge in [0, 0.05) is 23.0 Å². The smallest absolute Gasteiger partial charge is 0.138 e. The zero-order valence-corrected chi connectivity index (χ0v) is 12.5. The van der Waals surface area contributed by atoms with E-state index in [1.54, 1.807) is 11.3 Å². The fourth-order valence-electron chi connectivity index (χ4n) is 1.91. The van der Waals surface area contributed by atoms with Crippen molar-refractivity contribution in [1.82, 2.24) is 10.5 Å². The molecule has 0 aromatic carbocycles. The molecule has 2 aromatic heterocycles. The first-order valence-electron chi connectivity index (χ1n) is 5.48. The van der Waals surface area contributed by atoms with Crippen molar-refractivity contribution >= 4 is 27.3 Å². The van der Waals surface area contributed by atoms with Gasteiger partial charge in [0.1, 0.15) is 5.76 Å². The molecule has 0 fully saturated rings. The van der Waals surface area contributed by atoms with Crippen molar-refractivity contribution < 1.29 is 4.52 Å². The quantitative estimate of drug-likeness (QED) is 0.928. The average Bonchev–Trinajstić information content (AvgIpc) is 2.83. The van der Waals surface area contributed by atoms with Crippen molar-refractivity contribution in [2.75, 3.05) is 0 Å². The SMILES string of the molecule is Cc1noc(C)c1C(C)NCc1ccc(Br)s1. The largest absolute Gasteiger partial charge is 0.361 e. The number of halogens is 1. The maximum absolute atomic E-state index is 5.18. The van der Waals surface area contributed by atoms with E-state index in [1.165, 1.54) is 14.2 Å². The molecule has 3 nitrogen and oxygen atoms in total. The zero-order valence-electron chi connectivity index (χ0n) is 10.1. The summed E-state index contributed by atoms with van der Waals surface area (Å²) in [6, 6.07) is 4.45. The molecular formula is C12H15BrN2OS. The van der Waals surface area contributed by atoms with Gasteiger partial charge in [0.2, 0.25) is 0 Å². The van der Waals surface area contributed by atoms with Gasteiger partial charge in [-0.1, -0.05) is 5.16 Å². The van der Waals surface area contributed by atoms with Crippen LogP contribution in [0, 0.1) is 13.8 Å². The summed E-state index contributed by atoms with van der Waals surface area (Å²) >= 11 is 5.22. The van der Waals surface area contributed by atoms with Gasteiger partial charge in [-0.3, -0.25) is 0 Å². The molecule has 17 heavy (non-hydrogen) atoms. The van der Waals surface area contributed by atoms with Crippen LogP contribution in [0.25, 0.3) is 0 Å². The van der Waals surface area contributed by atoms with Crippen molar-refractivity contribution in [2.24, 2.45) is 0 Å². The van der Waals surface area contributed by atoms with Crippen LogP contribution in [0.2, 0.25) is 0 Å². The molecule has 1 N–H and O–H groups in total. The Bertz CT molecular complexity index is 487. The minimum atomic E-state index is 0.252. The average molecular weight is 315 g/mol. The fraction of sp³-hybridized carbons (Fsp3) is 0.417. The molecule has 0 amide bonds. The van der Waals surface area contributed by atoms with Crippen LogP contribution in [0.1, 0.15) is 34.9 Å². The summed E-state index contributed by atoms with van der Waals surface area (Å²) in [5, 5.41) is 7.46. The van der Waals surface area contributed by atoms with Gasteiger partial charge in [-0.25, -0.2) is 0 Å². The van der Waals surface area contributed by atoms with Gasteiger partial charge in [-0.05, 0) is 48.8 Å². The lowest BCUT2D eigenvalue weighted by atomic mass is 10.1. The lowest BCUT2D eigenvalue weighted by Gasteiger charge is -2.12. The molecule has 5 heteroatoms. The van der Waals surface area contributed by atoms with Crippen LogP contribution in [-0.4, -0.2) is 5.16 Å².